The molecular weight excluding hydrogens is 532 g/mol. The lowest BCUT2D eigenvalue weighted by Gasteiger charge is -2.31. The molecule has 0 radical (unpaired) electrons. The van der Waals surface area contributed by atoms with Crippen molar-refractivity contribution in [1.82, 2.24) is 9.80 Å². The lowest BCUT2D eigenvalue weighted by molar-refractivity contribution is -0.142. The first kappa shape index (κ1) is 34.7. The highest BCUT2D eigenvalue weighted by Gasteiger charge is 2.25. The third-order valence-corrected chi connectivity index (χ3v) is 8.84. The minimum Gasteiger partial charge on any atom is -0.493 e. The molecule has 0 aliphatic rings. The molecule has 0 bridgehead atoms. The summed E-state index contributed by atoms with van der Waals surface area (Å²) in [4.78, 5) is 33.2. The zero-order valence-corrected chi connectivity index (χ0v) is 27.3. The first-order valence-electron chi connectivity index (χ1n) is 15.7. The first-order chi connectivity index (χ1) is 19.8. The minimum atomic E-state index is -0.00254. The molecule has 1 atom stereocenters. The van der Waals surface area contributed by atoms with Crippen LogP contribution in [0.3, 0.4) is 0 Å². The second-order valence-electron chi connectivity index (χ2n) is 11.1. The van der Waals surface area contributed by atoms with Crippen LogP contribution in [-0.2, 0) is 22.6 Å². The van der Waals surface area contributed by atoms with Gasteiger partial charge < -0.3 is 19.3 Å². The van der Waals surface area contributed by atoms with E-state index in [1.54, 1.807) is 25.6 Å². The van der Waals surface area contributed by atoms with E-state index >= 15 is 0 Å². The molecular formula is C34H54N2O4S. The number of hydrogen-bond donors (Lipinski definition) is 0. The molecule has 0 unspecified atom stereocenters. The largest absolute Gasteiger partial charge is 0.493 e. The number of carbonyl (C=O) groups is 2. The molecule has 1 aromatic carbocycles. The van der Waals surface area contributed by atoms with Gasteiger partial charge in [-0.3, -0.25) is 9.59 Å². The fraction of sp³-hybridized carbons (Fsp3) is 0.647. The molecule has 0 saturated carbocycles. The van der Waals surface area contributed by atoms with E-state index < -0.39 is 0 Å². The van der Waals surface area contributed by atoms with Gasteiger partial charge in [0.15, 0.2) is 11.5 Å². The van der Waals surface area contributed by atoms with E-state index in [1.807, 2.05) is 28.0 Å². The van der Waals surface area contributed by atoms with Crippen LogP contribution in [0.15, 0.2) is 30.3 Å². The Labute approximate surface area is 253 Å². The van der Waals surface area contributed by atoms with Gasteiger partial charge in [-0.25, -0.2) is 0 Å². The first-order valence-corrected chi connectivity index (χ1v) is 16.5. The highest BCUT2D eigenvalue weighted by molar-refractivity contribution is 7.11. The van der Waals surface area contributed by atoms with Crippen molar-refractivity contribution >= 4 is 23.2 Å². The average Bonchev–Trinajstić information content (AvgIpc) is 3.40. The summed E-state index contributed by atoms with van der Waals surface area (Å²) in [5.74, 6) is 1.47. The van der Waals surface area contributed by atoms with Crippen molar-refractivity contribution in [3.63, 3.8) is 0 Å². The Bertz CT molecular complexity index is 1040. The molecule has 41 heavy (non-hydrogen) atoms. The van der Waals surface area contributed by atoms with E-state index in [4.69, 9.17) is 9.47 Å². The number of rotatable bonds is 21. The van der Waals surface area contributed by atoms with Gasteiger partial charge in [0.05, 0.1) is 27.3 Å². The van der Waals surface area contributed by atoms with Crippen LogP contribution in [0.2, 0.25) is 0 Å². The summed E-state index contributed by atoms with van der Waals surface area (Å²) in [7, 11) is 3.26. The van der Waals surface area contributed by atoms with E-state index in [1.165, 1.54) is 49.8 Å². The Kier molecular flexibility index (Phi) is 16.5. The number of thiophene rings is 1. The van der Waals surface area contributed by atoms with Gasteiger partial charge in [0, 0.05) is 28.8 Å². The molecule has 2 aromatic rings. The van der Waals surface area contributed by atoms with Gasteiger partial charge in [0.2, 0.25) is 11.8 Å². The maximum absolute atomic E-state index is 13.7. The number of benzene rings is 1. The van der Waals surface area contributed by atoms with Crippen molar-refractivity contribution < 1.29 is 19.1 Å². The van der Waals surface area contributed by atoms with Crippen LogP contribution < -0.4 is 9.47 Å². The van der Waals surface area contributed by atoms with Crippen molar-refractivity contribution in [2.24, 2.45) is 0 Å². The maximum Gasteiger partial charge on any atom is 0.242 e. The number of hydrogen-bond acceptors (Lipinski definition) is 5. The second kappa shape index (κ2) is 19.6. The Morgan fingerprint density at radius 3 is 2.10 bits per heavy atom. The summed E-state index contributed by atoms with van der Waals surface area (Å²) < 4.78 is 10.8. The molecule has 2 amide bonds. The summed E-state index contributed by atoms with van der Waals surface area (Å²) in [6.07, 6.45) is 13.0. The normalized spacial score (nSPS) is 11.8. The van der Waals surface area contributed by atoms with Crippen LogP contribution in [0.1, 0.15) is 107 Å². The molecule has 6 nitrogen and oxygen atoms in total. The average molecular weight is 587 g/mol. The van der Waals surface area contributed by atoms with Crippen molar-refractivity contribution in [1.29, 1.82) is 0 Å². The third kappa shape index (κ3) is 12.5. The number of amides is 2. The van der Waals surface area contributed by atoms with Crippen molar-refractivity contribution in [2.45, 2.75) is 117 Å². The van der Waals surface area contributed by atoms with E-state index in [9.17, 15) is 9.59 Å². The van der Waals surface area contributed by atoms with Crippen LogP contribution in [-0.4, -0.2) is 55.0 Å². The van der Waals surface area contributed by atoms with Gasteiger partial charge in [-0.15, -0.1) is 11.3 Å². The number of ether oxygens (including phenoxy) is 2. The third-order valence-electron chi connectivity index (χ3n) is 7.86. The van der Waals surface area contributed by atoms with E-state index in [2.05, 4.69) is 39.8 Å². The zero-order chi connectivity index (χ0) is 30.0. The van der Waals surface area contributed by atoms with Crippen molar-refractivity contribution in [2.75, 3.05) is 27.3 Å². The maximum atomic E-state index is 13.7. The molecule has 230 valence electrons. The van der Waals surface area contributed by atoms with Gasteiger partial charge in [-0.05, 0) is 62.9 Å². The van der Waals surface area contributed by atoms with Gasteiger partial charge in [0.1, 0.15) is 0 Å². The van der Waals surface area contributed by atoms with Crippen LogP contribution in [0.4, 0.5) is 0 Å². The predicted octanol–water partition coefficient (Wildman–Crippen LogP) is 8.19. The van der Waals surface area contributed by atoms with Gasteiger partial charge >= 0.3 is 0 Å². The monoisotopic (exact) mass is 586 g/mol. The number of nitrogens with zero attached hydrogens (tertiary/aromatic N) is 2. The molecule has 1 aromatic heterocycles. The Hall–Kier alpha value is -2.54. The lowest BCUT2D eigenvalue weighted by atomic mass is 10.1. The minimum absolute atomic E-state index is 0.00254. The fourth-order valence-corrected chi connectivity index (χ4v) is 5.94. The highest BCUT2D eigenvalue weighted by atomic mass is 32.1. The summed E-state index contributed by atoms with van der Waals surface area (Å²) >= 11 is 1.71. The van der Waals surface area contributed by atoms with Crippen LogP contribution >= 0.6 is 11.3 Å². The molecule has 2 rings (SSSR count). The highest BCUT2D eigenvalue weighted by Crippen LogP contribution is 2.28. The molecule has 1 heterocycles. The Balaban J connectivity index is 2.01. The van der Waals surface area contributed by atoms with Crippen LogP contribution in [0.25, 0.3) is 0 Å². The summed E-state index contributed by atoms with van der Waals surface area (Å²) in [5.41, 5.74) is 1.07. The summed E-state index contributed by atoms with van der Waals surface area (Å²) in [6.45, 7) is 9.70. The topological polar surface area (TPSA) is 59.1 Å². The van der Waals surface area contributed by atoms with Crippen LogP contribution in [0.5, 0.6) is 11.5 Å². The van der Waals surface area contributed by atoms with Gasteiger partial charge in [-0.2, -0.15) is 0 Å². The van der Waals surface area contributed by atoms with Crippen molar-refractivity contribution in [3.05, 3.63) is 45.6 Å². The molecule has 0 spiro atoms. The Morgan fingerprint density at radius 2 is 1.51 bits per heavy atom. The fourth-order valence-electron chi connectivity index (χ4n) is 5.04. The quantitative estimate of drug-likeness (QED) is 0.138. The van der Waals surface area contributed by atoms with Crippen molar-refractivity contribution in [3.8, 4) is 11.5 Å². The van der Waals surface area contributed by atoms with Crippen LogP contribution in [0, 0.1) is 6.92 Å². The summed E-state index contributed by atoms with van der Waals surface area (Å²) in [6, 6.07) is 10.1. The molecule has 7 heteroatoms. The molecule has 0 N–H and O–H groups in total. The van der Waals surface area contributed by atoms with Gasteiger partial charge in [-0.1, -0.05) is 71.3 Å². The molecule has 0 aliphatic carbocycles. The number of methoxy groups -OCH3 is 2. The summed E-state index contributed by atoms with van der Waals surface area (Å²) in [5, 5.41) is 0. The number of aryl methyl sites for hydroxylation is 1. The predicted molar refractivity (Wildman–Crippen MR) is 171 cm³/mol. The molecule has 0 aliphatic heterocycles. The Morgan fingerprint density at radius 1 is 0.854 bits per heavy atom. The molecule has 0 saturated heterocycles. The second-order valence-corrected chi connectivity index (χ2v) is 12.5. The SMILES string of the molecule is CCCCCCCCCCCC(=O)N(CC(=O)N(CCc1ccc(OC)c(OC)c1)Cc1ccc(C)s1)[C@@H](C)CC. The van der Waals surface area contributed by atoms with E-state index in [0.717, 1.165) is 29.7 Å². The van der Waals surface area contributed by atoms with E-state index in [-0.39, 0.29) is 24.4 Å². The number of carbonyl (C=O) groups excluding carboxylic acids is 2. The smallest absolute Gasteiger partial charge is 0.242 e. The van der Waals surface area contributed by atoms with Gasteiger partial charge in [0.25, 0.3) is 0 Å². The lowest BCUT2D eigenvalue weighted by Crippen LogP contribution is -2.46. The standard InChI is InChI=1S/C34H54N2O4S/c1-7-9-10-11-12-13-14-15-16-17-33(37)36(27(3)8-2)26-34(38)35(25-30-20-18-28(4)41-30)23-22-29-19-21-31(39-5)32(24-29)40-6/h18-21,24,27H,7-17,22-23,25-26H2,1-6H3/t27-/m0/s1. The zero-order valence-electron chi connectivity index (χ0n) is 26.5. The number of unbranched alkanes of at least 4 members (excludes halogenated alkanes) is 8. The molecule has 0 fully saturated rings. The van der Waals surface area contributed by atoms with E-state index in [0.29, 0.717) is 37.4 Å².